The normalized spacial score (nSPS) is 26.2. The fourth-order valence-corrected chi connectivity index (χ4v) is 4.97. The van der Waals surface area contributed by atoms with Crippen LogP contribution in [0.15, 0.2) is 0 Å². The molecular weight excluding hydrogens is 382 g/mol. The van der Waals surface area contributed by atoms with Crippen LogP contribution in [0.2, 0.25) is 0 Å². The van der Waals surface area contributed by atoms with Crippen molar-refractivity contribution in [3.05, 3.63) is 0 Å². The first kappa shape index (κ1) is 22.8. The van der Waals surface area contributed by atoms with E-state index in [0.29, 0.717) is 18.8 Å². The summed E-state index contributed by atoms with van der Waals surface area (Å²) in [5.41, 5.74) is -0.628. The van der Waals surface area contributed by atoms with Crippen molar-refractivity contribution in [3.8, 4) is 0 Å². The Morgan fingerprint density at radius 3 is 2.54 bits per heavy atom. The Kier molecular flexibility index (Phi) is 7.25. The van der Waals surface area contributed by atoms with E-state index in [0.717, 1.165) is 12.8 Å². The topological polar surface area (TPSA) is 97.0 Å². The average molecular weight is 416 g/mol. The third-order valence-electron chi connectivity index (χ3n) is 4.82. The number of hydrogen-bond donors (Lipinski definition) is 2. The van der Waals surface area contributed by atoms with Gasteiger partial charge in [0.2, 0.25) is 5.91 Å². The molecule has 28 heavy (non-hydrogen) atoms. The molecule has 2 rings (SSSR count). The highest BCUT2D eigenvalue weighted by molar-refractivity contribution is 8.01. The molecular formula is C19H33N3O5S. The summed E-state index contributed by atoms with van der Waals surface area (Å²) in [5, 5.41) is 6.10. The van der Waals surface area contributed by atoms with Gasteiger partial charge in [0.1, 0.15) is 17.7 Å². The summed E-state index contributed by atoms with van der Waals surface area (Å²) in [6.45, 7) is 10.3. The van der Waals surface area contributed by atoms with Gasteiger partial charge in [0.25, 0.3) is 0 Å². The molecule has 1 unspecified atom stereocenters. The summed E-state index contributed by atoms with van der Waals surface area (Å²) in [4.78, 5) is 38.7. The van der Waals surface area contributed by atoms with Crippen LogP contribution < -0.4 is 10.6 Å². The standard InChI is InChI=1S/C19H33N3O5S/c1-12(2)14(20-17(25)27-18(3,4)5)15(23)22-9-7-8-19(11-22)21-13(10-28-19)16(24)26-6/h12-14,21H,7-11H2,1-6H3,(H,20,25)/t13-,14-,19?/m0/s1. The van der Waals surface area contributed by atoms with E-state index in [1.165, 1.54) is 7.11 Å². The number of esters is 1. The molecule has 0 aromatic heterocycles. The number of thioether (sulfide) groups is 1. The van der Waals surface area contributed by atoms with E-state index in [-0.39, 0.29) is 28.7 Å². The molecule has 160 valence electrons. The number of rotatable bonds is 4. The maximum atomic E-state index is 13.2. The number of carbonyl (C=O) groups excluding carboxylic acids is 3. The number of hydrogen-bond acceptors (Lipinski definition) is 7. The lowest BCUT2D eigenvalue weighted by Gasteiger charge is -2.41. The Bertz CT molecular complexity index is 607. The monoisotopic (exact) mass is 415 g/mol. The molecule has 2 amide bonds. The predicted octanol–water partition coefficient (Wildman–Crippen LogP) is 1.73. The van der Waals surface area contributed by atoms with E-state index >= 15 is 0 Å². The second kappa shape index (κ2) is 8.90. The number of carbonyl (C=O) groups is 3. The molecule has 2 N–H and O–H groups in total. The molecule has 9 heteroatoms. The lowest BCUT2D eigenvalue weighted by molar-refractivity contribution is -0.142. The molecule has 0 bridgehead atoms. The zero-order valence-corrected chi connectivity index (χ0v) is 18.5. The number of likely N-dealkylation sites (tertiary alicyclic amines) is 1. The highest BCUT2D eigenvalue weighted by Gasteiger charge is 2.46. The van der Waals surface area contributed by atoms with Crippen molar-refractivity contribution in [2.75, 3.05) is 26.0 Å². The Labute approximate surface area is 171 Å². The van der Waals surface area contributed by atoms with Crippen LogP contribution in [0.5, 0.6) is 0 Å². The quantitative estimate of drug-likeness (QED) is 0.675. The van der Waals surface area contributed by atoms with Crippen LogP contribution in [0.25, 0.3) is 0 Å². The van der Waals surface area contributed by atoms with Gasteiger partial charge in [-0.25, -0.2) is 4.79 Å². The van der Waals surface area contributed by atoms with Crippen molar-refractivity contribution in [2.24, 2.45) is 5.92 Å². The summed E-state index contributed by atoms with van der Waals surface area (Å²) in [6.07, 6.45) is 1.11. The summed E-state index contributed by atoms with van der Waals surface area (Å²) < 4.78 is 10.2. The summed E-state index contributed by atoms with van der Waals surface area (Å²) in [5.74, 6) is 0.145. The summed E-state index contributed by atoms with van der Waals surface area (Å²) >= 11 is 1.66. The molecule has 2 heterocycles. The van der Waals surface area contributed by atoms with Gasteiger partial charge in [-0.2, -0.15) is 0 Å². The van der Waals surface area contributed by atoms with Crippen LogP contribution in [0.1, 0.15) is 47.5 Å². The van der Waals surface area contributed by atoms with Gasteiger partial charge in [0.15, 0.2) is 0 Å². The SMILES string of the molecule is COC(=O)[C@@H]1CSC2(CCCN(C(=O)[C@@H](NC(=O)OC(C)(C)C)C(C)C)C2)N1. The molecule has 3 atom stereocenters. The van der Waals surface area contributed by atoms with Crippen molar-refractivity contribution in [2.45, 2.75) is 70.0 Å². The number of nitrogens with one attached hydrogen (secondary N) is 2. The maximum Gasteiger partial charge on any atom is 0.408 e. The van der Waals surface area contributed by atoms with Crippen LogP contribution in [0.3, 0.4) is 0 Å². The van der Waals surface area contributed by atoms with Crippen molar-refractivity contribution in [3.63, 3.8) is 0 Å². The van der Waals surface area contributed by atoms with Crippen molar-refractivity contribution < 1.29 is 23.9 Å². The van der Waals surface area contributed by atoms with Gasteiger partial charge in [0, 0.05) is 18.8 Å². The van der Waals surface area contributed by atoms with Crippen LogP contribution in [0, 0.1) is 5.92 Å². The lowest BCUT2D eigenvalue weighted by Crippen LogP contribution is -2.60. The van der Waals surface area contributed by atoms with Crippen LogP contribution in [0.4, 0.5) is 4.79 Å². The molecule has 0 aromatic rings. The highest BCUT2D eigenvalue weighted by Crippen LogP contribution is 2.38. The summed E-state index contributed by atoms with van der Waals surface area (Å²) in [7, 11) is 1.38. The largest absolute Gasteiger partial charge is 0.468 e. The molecule has 0 saturated carbocycles. The first-order valence-electron chi connectivity index (χ1n) is 9.74. The number of methoxy groups -OCH3 is 1. The minimum absolute atomic E-state index is 0.0788. The number of amides is 2. The van der Waals surface area contributed by atoms with Crippen LogP contribution in [-0.4, -0.2) is 71.4 Å². The first-order chi connectivity index (χ1) is 13.0. The molecule has 2 fully saturated rings. The van der Waals surface area contributed by atoms with Gasteiger partial charge in [-0.15, -0.1) is 11.8 Å². The Morgan fingerprint density at radius 1 is 1.29 bits per heavy atom. The van der Waals surface area contributed by atoms with Gasteiger partial charge in [-0.1, -0.05) is 13.8 Å². The first-order valence-corrected chi connectivity index (χ1v) is 10.7. The molecule has 0 aliphatic carbocycles. The molecule has 1 spiro atoms. The fourth-order valence-electron chi connectivity index (χ4n) is 3.50. The molecule has 2 aliphatic rings. The van der Waals surface area contributed by atoms with Crippen LogP contribution >= 0.6 is 11.8 Å². The maximum absolute atomic E-state index is 13.2. The zero-order valence-electron chi connectivity index (χ0n) is 17.7. The average Bonchev–Trinajstić information content (AvgIpc) is 3.00. The van der Waals surface area contributed by atoms with Gasteiger partial charge in [-0.3, -0.25) is 14.9 Å². The van der Waals surface area contributed by atoms with Crippen LogP contribution in [-0.2, 0) is 19.1 Å². The fraction of sp³-hybridized carbons (Fsp3) is 0.842. The van der Waals surface area contributed by atoms with Crippen molar-refractivity contribution in [1.29, 1.82) is 0 Å². The zero-order chi connectivity index (χ0) is 21.1. The van der Waals surface area contributed by atoms with Crippen molar-refractivity contribution >= 4 is 29.7 Å². The minimum atomic E-state index is -0.659. The Morgan fingerprint density at radius 2 is 1.96 bits per heavy atom. The van der Waals surface area contributed by atoms with E-state index in [1.807, 2.05) is 13.8 Å². The van der Waals surface area contributed by atoms with Gasteiger partial charge >= 0.3 is 12.1 Å². The lowest BCUT2D eigenvalue weighted by atomic mass is 9.99. The minimum Gasteiger partial charge on any atom is -0.468 e. The molecule has 0 aromatic carbocycles. The Balaban J connectivity index is 2.04. The number of nitrogens with zero attached hydrogens (tertiary/aromatic N) is 1. The predicted molar refractivity (Wildman–Crippen MR) is 108 cm³/mol. The molecule has 2 aliphatic heterocycles. The van der Waals surface area contributed by atoms with E-state index in [2.05, 4.69) is 10.6 Å². The van der Waals surface area contributed by atoms with Crippen molar-refractivity contribution in [1.82, 2.24) is 15.5 Å². The second-order valence-corrected chi connectivity index (χ2v) is 10.2. The number of piperidine rings is 1. The van der Waals surface area contributed by atoms with Gasteiger partial charge < -0.3 is 19.7 Å². The number of ether oxygens (including phenoxy) is 2. The van der Waals surface area contributed by atoms with Gasteiger partial charge in [-0.05, 0) is 39.5 Å². The smallest absolute Gasteiger partial charge is 0.408 e. The third-order valence-corrected chi connectivity index (χ3v) is 6.32. The van der Waals surface area contributed by atoms with E-state index in [1.54, 1.807) is 37.4 Å². The molecule has 0 radical (unpaired) electrons. The number of alkyl carbamates (subject to hydrolysis) is 1. The van der Waals surface area contributed by atoms with E-state index in [9.17, 15) is 14.4 Å². The highest BCUT2D eigenvalue weighted by atomic mass is 32.2. The Hall–Kier alpha value is -1.48. The van der Waals surface area contributed by atoms with E-state index < -0.39 is 17.7 Å². The third kappa shape index (κ3) is 5.76. The second-order valence-electron chi connectivity index (χ2n) is 8.76. The van der Waals surface area contributed by atoms with Gasteiger partial charge in [0.05, 0.1) is 12.0 Å². The molecule has 8 nitrogen and oxygen atoms in total. The van der Waals surface area contributed by atoms with E-state index in [4.69, 9.17) is 9.47 Å². The molecule has 2 saturated heterocycles. The summed E-state index contributed by atoms with van der Waals surface area (Å²) in [6, 6.07) is -1.02.